The van der Waals surface area contributed by atoms with E-state index in [0.29, 0.717) is 6.54 Å². The summed E-state index contributed by atoms with van der Waals surface area (Å²) in [6, 6.07) is 5.78. The van der Waals surface area contributed by atoms with Crippen molar-refractivity contribution in [1.82, 2.24) is 15.2 Å². The number of carbonyl (C=O) groups is 1. The van der Waals surface area contributed by atoms with Gasteiger partial charge in [0.25, 0.3) is 0 Å². The van der Waals surface area contributed by atoms with Gasteiger partial charge < -0.3 is 15.3 Å². The van der Waals surface area contributed by atoms with Crippen LogP contribution in [0.5, 0.6) is 0 Å². The van der Waals surface area contributed by atoms with Gasteiger partial charge in [0.1, 0.15) is 5.82 Å². The fourth-order valence-electron chi connectivity index (χ4n) is 2.43. The third kappa shape index (κ3) is 4.68. The molecule has 2 heterocycles. The van der Waals surface area contributed by atoms with Crippen molar-refractivity contribution >= 4 is 11.7 Å². The van der Waals surface area contributed by atoms with Crippen LogP contribution in [0.1, 0.15) is 13.3 Å². The lowest BCUT2D eigenvalue weighted by Crippen LogP contribution is -2.51. The summed E-state index contributed by atoms with van der Waals surface area (Å²) in [6.07, 6.45) is 2.55. The Kier molecular flexibility index (Phi) is 5.95. The summed E-state index contributed by atoms with van der Waals surface area (Å²) in [5, 5.41) is 11.9. The molecule has 0 saturated carbocycles. The molecule has 6 heteroatoms. The molecule has 1 fully saturated rings. The number of rotatable bonds is 6. The van der Waals surface area contributed by atoms with Crippen molar-refractivity contribution in [1.29, 1.82) is 0 Å². The number of hydrogen-bond acceptors (Lipinski definition) is 5. The fraction of sp³-hybridized carbons (Fsp3) is 0.600. The van der Waals surface area contributed by atoms with Gasteiger partial charge >= 0.3 is 0 Å². The number of amides is 1. The molecule has 1 aromatic rings. The van der Waals surface area contributed by atoms with Crippen molar-refractivity contribution in [2.45, 2.75) is 19.4 Å². The third-order valence-corrected chi connectivity index (χ3v) is 3.79. The Morgan fingerprint density at radius 2 is 2.14 bits per heavy atom. The maximum absolute atomic E-state index is 11.9. The van der Waals surface area contributed by atoms with E-state index in [1.165, 1.54) is 0 Å². The summed E-state index contributed by atoms with van der Waals surface area (Å²) in [7, 11) is 0. The number of nitrogens with one attached hydrogen (secondary N) is 1. The molecule has 2 rings (SSSR count). The lowest BCUT2D eigenvalue weighted by atomic mass is 10.2. The second-order valence-electron chi connectivity index (χ2n) is 5.31. The van der Waals surface area contributed by atoms with Gasteiger partial charge in [-0.1, -0.05) is 13.0 Å². The highest BCUT2D eigenvalue weighted by Gasteiger charge is 2.20. The zero-order valence-corrected chi connectivity index (χ0v) is 12.5. The summed E-state index contributed by atoms with van der Waals surface area (Å²) in [6.45, 7) is 5.79. The Morgan fingerprint density at radius 1 is 1.38 bits per heavy atom. The van der Waals surface area contributed by atoms with Crippen molar-refractivity contribution < 1.29 is 9.90 Å². The first-order valence-corrected chi connectivity index (χ1v) is 7.51. The highest BCUT2D eigenvalue weighted by Crippen LogP contribution is 2.12. The first kappa shape index (κ1) is 15.7. The van der Waals surface area contributed by atoms with Gasteiger partial charge in [0.05, 0.1) is 19.2 Å². The average molecular weight is 292 g/mol. The van der Waals surface area contributed by atoms with Crippen LogP contribution in [0, 0.1) is 0 Å². The van der Waals surface area contributed by atoms with Gasteiger partial charge in [-0.25, -0.2) is 4.98 Å². The smallest absolute Gasteiger partial charge is 0.234 e. The summed E-state index contributed by atoms with van der Waals surface area (Å²) < 4.78 is 0. The largest absolute Gasteiger partial charge is 0.394 e. The highest BCUT2D eigenvalue weighted by atomic mass is 16.3. The molecule has 21 heavy (non-hydrogen) atoms. The average Bonchev–Trinajstić information content (AvgIpc) is 2.54. The predicted octanol–water partition coefficient (Wildman–Crippen LogP) is 0.0907. The Morgan fingerprint density at radius 3 is 2.71 bits per heavy atom. The zero-order chi connectivity index (χ0) is 15.1. The van der Waals surface area contributed by atoms with E-state index in [2.05, 4.69) is 20.1 Å². The number of hydrogen-bond donors (Lipinski definition) is 2. The normalized spacial score (nSPS) is 17.5. The molecule has 1 saturated heterocycles. The molecule has 0 bridgehead atoms. The Labute approximate surface area is 125 Å². The van der Waals surface area contributed by atoms with Crippen molar-refractivity contribution in [2.24, 2.45) is 0 Å². The molecule has 116 valence electrons. The summed E-state index contributed by atoms with van der Waals surface area (Å²) in [4.78, 5) is 20.6. The molecule has 1 unspecified atom stereocenters. The number of carbonyl (C=O) groups excluding carboxylic acids is 1. The molecular weight excluding hydrogens is 268 g/mol. The Hall–Kier alpha value is -1.66. The van der Waals surface area contributed by atoms with E-state index in [-0.39, 0.29) is 18.6 Å². The van der Waals surface area contributed by atoms with Crippen molar-refractivity contribution in [2.75, 3.05) is 44.2 Å². The van der Waals surface area contributed by atoms with Crippen LogP contribution in [0.3, 0.4) is 0 Å². The van der Waals surface area contributed by atoms with Gasteiger partial charge in [-0.05, 0) is 18.6 Å². The molecule has 6 nitrogen and oxygen atoms in total. The van der Waals surface area contributed by atoms with Gasteiger partial charge in [0, 0.05) is 32.4 Å². The number of pyridine rings is 1. The fourth-order valence-corrected chi connectivity index (χ4v) is 2.43. The number of anilines is 1. The van der Waals surface area contributed by atoms with E-state index in [9.17, 15) is 4.79 Å². The molecule has 1 aliphatic heterocycles. The highest BCUT2D eigenvalue weighted by molar-refractivity contribution is 5.78. The van der Waals surface area contributed by atoms with E-state index < -0.39 is 0 Å². The molecule has 1 atom stereocenters. The lowest BCUT2D eigenvalue weighted by Gasteiger charge is -2.35. The van der Waals surface area contributed by atoms with Gasteiger partial charge in [0.15, 0.2) is 0 Å². The predicted molar refractivity (Wildman–Crippen MR) is 82.2 cm³/mol. The number of nitrogens with zero attached hydrogens (tertiary/aromatic N) is 3. The molecule has 0 aromatic carbocycles. The number of aliphatic hydroxyl groups excluding tert-OH is 1. The van der Waals surface area contributed by atoms with Gasteiger partial charge in [-0.15, -0.1) is 0 Å². The standard InChI is InChI=1S/C15H24N4O2/c1-2-13(12-20)17-15(21)11-18-7-9-19(10-8-18)14-5-3-4-6-16-14/h3-6,13,20H,2,7-12H2,1H3,(H,17,21). The van der Waals surface area contributed by atoms with E-state index >= 15 is 0 Å². The van der Waals surface area contributed by atoms with Gasteiger partial charge in [-0.3, -0.25) is 9.69 Å². The minimum atomic E-state index is -0.132. The second-order valence-corrected chi connectivity index (χ2v) is 5.31. The first-order valence-electron chi connectivity index (χ1n) is 7.51. The molecule has 1 amide bonds. The van der Waals surface area contributed by atoms with Crippen molar-refractivity contribution in [3.63, 3.8) is 0 Å². The number of aliphatic hydroxyl groups is 1. The molecular formula is C15H24N4O2. The molecule has 1 aromatic heterocycles. The van der Waals surface area contributed by atoms with Crippen LogP contribution in [0.15, 0.2) is 24.4 Å². The Bertz CT molecular complexity index is 429. The van der Waals surface area contributed by atoms with E-state index in [1.807, 2.05) is 25.1 Å². The zero-order valence-electron chi connectivity index (χ0n) is 12.5. The van der Waals surface area contributed by atoms with Gasteiger partial charge in [0.2, 0.25) is 5.91 Å². The molecule has 0 spiro atoms. The molecule has 0 aliphatic carbocycles. The maximum atomic E-state index is 11.9. The monoisotopic (exact) mass is 292 g/mol. The van der Waals surface area contributed by atoms with Crippen LogP contribution in [-0.4, -0.2) is 66.3 Å². The SMILES string of the molecule is CCC(CO)NC(=O)CN1CCN(c2ccccn2)CC1. The third-order valence-electron chi connectivity index (χ3n) is 3.79. The van der Waals surface area contributed by atoms with Gasteiger partial charge in [-0.2, -0.15) is 0 Å². The molecule has 1 aliphatic rings. The summed E-state index contributed by atoms with van der Waals surface area (Å²) >= 11 is 0. The topological polar surface area (TPSA) is 68.7 Å². The van der Waals surface area contributed by atoms with E-state index in [4.69, 9.17) is 5.11 Å². The van der Waals surface area contributed by atoms with E-state index in [1.54, 1.807) is 6.20 Å². The van der Waals surface area contributed by atoms with Crippen LogP contribution in [0.4, 0.5) is 5.82 Å². The molecule has 2 N–H and O–H groups in total. The summed E-state index contributed by atoms with van der Waals surface area (Å²) in [5.41, 5.74) is 0. The quantitative estimate of drug-likeness (QED) is 0.778. The minimum Gasteiger partial charge on any atom is -0.394 e. The van der Waals surface area contributed by atoms with Crippen LogP contribution < -0.4 is 10.2 Å². The molecule has 0 radical (unpaired) electrons. The maximum Gasteiger partial charge on any atom is 0.234 e. The second kappa shape index (κ2) is 7.95. The first-order chi connectivity index (χ1) is 10.2. The van der Waals surface area contributed by atoms with E-state index in [0.717, 1.165) is 38.4 Å². The van der Waals surface area contributed by atoms with Crippen LogP contribution in [-0.2, 0) is 4.79 Å². The Balaban J connectivity index is 1.75. The van der Waals surface area contributed by atoms with Crippen LogP contribution >= 0.6 is 0 Å². The van der Waals surface area contributed by atoms with Crippen LogP contribution in [0.2, 0.25) is 0 Å². The minimum absolute atomic E-state index is 0.00427. The van der Waals surface area contributed by atoms with Crippen molar-refractivity contribution in [3.8, 4) is 0 Å². The van der Waals surface area contributed by atoms with Crippen molar-refractivity contribution in [3.05, 3.63) is 24.4 Å². The number of aromatic nitrogens is 1. The lowest BCUT2D eigenvalue weighted by molar-refractivity contribution is -0.123. The number of piperazine rings is 1. The summed E-state index contributed by atoms with van der Waals surface area (Å²) in [5.74, 6) is 0.982. The van der Waals surface area contributed by atoms with Crippen LogP contribution in [0.25, 0.3) is 0 Å².